The molecule has 1 amide bonds. The van der Waals surface area contributed by atoms with Gasteiger partial charge < -0.3 is 10.1 Å². The Morgan fingerprint density at radius 3 is 2.47 bits per heavy atom. The number of amides is 1. The molecule has 2 heterocycles. The van der Waals surface area contributed by atoms with Crippen LogP contribution in [0.4, 0.5) is 10.2 Å². The molecule has 0 unspecified atom stereocenters. The molecule has 0 saturated carbocycles. The predicted octanol–water partition coefficient (Wildman–Crippen LogP) is 5.52. The van der Waals surface area contributed by atoms with Crippen LogP contribution in [0.2, 0.25) is 15.1 Å². The van der Waals surface area contributed by atoms with Crippen LogP contribution >= 0.6 is 34.8 Å². The Kier molecular flexibility index (Phi) is 6.64. The lowest BCUT2D eigenvalue weighted by atomic mass is 10.2. The van der Waals surface area contributed by atoms with E-state index < -0.39 is 5.91 Å². The minimum atomic E-state index is -0.516. The van der Waals surface area contributed by atoms with E-state index in [1.54, 1.807) is 42.6 Å². The van der Waals surface area contributed by atoms with Crippen molar-refractivity contribution in [3.05, 3.63) is 93.1 Å². The summed E-state index contributed by atoms with van der Waals surface area (Å²) in [4.78, 5) is 12.5. The molecule has 0 aliphatic rings. The minimum Gasteiger partial charge on any atom is -0.468 e. The first-order valence-electron chi connectivity index (χ1n) is 9.28. The summed E-state index contributed by atoms with van der Waals surface area (Å²) in [6.07, 6.45) is 3.07. The number of hydrogen-bond donors (Lipinski definition) is 1. The lowest BCUT2D eigenvalue weighted by Crippen LogP contribution is -2.15. The van der Waals surface area contributed by atoms with Crippen molar-refractivity contribution in [1.82, 2.24) is 19.6 Å². The first-order valence-corrected chi connectivity index (χ1v) is 10.4. The molecule has 2 aromatic heterocycles. The molecule has 0 aliphatic heterocycles. The second kappa shape index (κ2) is 9.60. The molecule has 4 aromatic rings. The highest BCUT2D eigenvalue weighted by molar-refractivity contribution is 6.37. The summed E-state index contributed by atoms with van der Waals surface area (Å²) < 4.78 is 22.3. The van der Waals surface area contributed by atoms with E-state index in [1.165, 1.54) is 27.7 Å². The molecule has 0 spiro atoms. The topological polar surface area (TPSA) is 74.0 Å². The summed E-state index contributed by atoms with van der Waals surface area (Å²) in [5, 5.41) is 11.9. The van der Waals surface area contributed by atoms with E-state index >= 15 is 0 Å². The van der Waals surface area contributed by atoms with Gasteiger partial charge in [-0.05, 0) is 24.3 Å². The molecular formula is C21H15Cl3FN5O2. The monoisotopic (exact) mass is 493 g/mol. The van der Waals surface area contributed by atoms with Gasteiger partial charge in [-0.3, -0.25) is 9.48 Å². The molecule has 0 bridgehead atoms. The van der Waals surface area contributed by atoms with Crippen LogP contribution in [0, 0.1) is 5.82 Å². The van der Waals surface area contributed by atoms with Gasteiger partial charge in [-0.1, -0.05) is 59.1 Å². The fraction of sp³-hybridized carbons (Fsp3) is 0.0952. The molecule has 32 heavy (non-hydrogen) atoms. The Bertz CT molecular complexity index is 1250. The number of hydrogen-bond acceptors (Lipinski definition) is 4. The van der Waals surface area contributed by atoms with Gasteiger partial charge in [-0.2, -0.15) is 10.2 Å². The Labute approximate surface area is 197 Å². The van der Waals surface area contributed by atoms with Gasteiger partial charge in [0, 0.05) is 18.0 Å². The maximum atomic E-state index is 13.9. The van der Waals surface area contributed by atoms with Gasteiger partial charge in [0.15, 0.2) is 24.0 Å². The molecule has 2 aromatic carbocycles. The van der Waals surface area contributed by atoms with Gasteiger partial charge in [0.1, 0.15) is 10.8 Å². The summed E-state index contributed by atoms with van der Waals surface area (Å²) in [6, 6.07) is 12.9. The van der Waals surface area contributed by atoms with E-state index in [0.29, 0.717) is 21.4 Å². The van der Waals surface area contributed by atoms with Gasteiger partial charge >= 0.3 is 0 Å². The maximum Gasteiger partial charge on any atom is 0.277 e. The average molecular weight is 495 g/mol. The zero-order chi connectivity index (χ0) is 22.7. The molecule has 7 nitrogen and oxygen atoms in total. The summed E-state index contributed by atoms with van der Waals surface area (Å²) in [6.45, 7) is 0.160. The van der Waals surface area contributed by atoms with E-state index in [4.69, 9.17) is 39.5 Å². The average Bonchev–Trinajstić information content (AvgIpc) is 3.36. The van der Waals surface area contributed by atoms with Crippen molar-refractivity contribution in [1.29, 1.82) is 0 Å². The van der Waals surface area contributed by atoms with E-state index in [1.807, 2.05) is 0 Å². The maximum absolute atomic E-state index is 13.9. The number of anilines is 1. The number of aromatic nitrogens is 4. The first-order chi connectivity index (χ1) is 15.4. The quantitative estimate of drug-likeness (QED) is 0.367. The molecule has 0 radical (unpaired) electrons. The SMILES string of the molecule is O=C(Nc1nn(Cc2ccccc2F)cc1Cl)c1ccn(COc2c(Cl)cccc2Cl)n1. The van der Waals surface area contributed by atoms with Crippen molar-refractivity contribution in [2.24, 2.45) is 0 Å². The number of carbonyl (C=O) groups excluding carboxylic acids is 1. The molecule has 11 heteroatoms. The van der Waals surface area contributed by atoms with Crippen molar-refractivity contribution in [3.63, 3.8) is 0 Å². The Hall–Kier alpha value is -3.07. The number of para-hydroxylation sites is 1. The van der Waals surface area contributed by atoms with E-state index in [0.717, 1.165) is 0 Å². The first kappa shape index (κ1) is 22.1. The highest BCUT2D eigenvalue weighted by Crippen LogP contribution is 2.32. The van der Waals surface area contributed by atoms with Gasteiger partial charge in [-0.15, -0.1) is 0 Å². The molecule has 0 fully saturated rings. The molecule has 164 valence electrons. The largest absolute Gasteiger partial charge is 0.468 e. The van der Waals surface area contributed by atoms with Crippen LogP contribution in [-0.4, -0.2) is 25.5 Å². The van der Waals surface area contributed by atoms with Gasteiger partial charge in [0.25, 0.3) is 5.91 Å². The third kappa shape index (κ3) is 5.04. The smallest absolute Gasteiger partial charge is 0.277 e. The number of benzene rings is 2. The molecular weight excluding hydrogens is 480 g/mol. The van der Waals surface area contributed by atoms with Crippen molar-refractivity contribution >= 4 is 46.5 Å². The van der Waals surface area contributed by atoms with Crippen molar-refractivity contribution in [2.75, 3.05) is 5.32 Å². The summed E-state index contributed by atoms with van der Waals surface area (Å²) >= 11 is 18.3. The zero-order valence-corrected chi connectivity index (χ0v) is 18.6. The number of nitrogens with zero attached hydrogens (tertiary/aromatic N) is 4. The van der Waals surface area contributed by atoms with Crippen LogP contribution in [0.15, 0.2) is 60.9 Å². The highest BCUT2D eigenvalue weighted by atomic mass is 35.5. The molecule has 4 rings (SSSR count). The summed E-state index contributed by atoms with van der Waals surface area (Å²) in [5.41, 5.74) is 0.570. The Morgan fingerprint density at radius 1 is 0.969 bits per heavy atom. The van der Waals surface area contributed by atoms with Crippen LogP contribution in [0.1, 0.15) is 16.1 Å². The molecule has 1 N–H and O–H groups in total. The molecule has 0 atom stereocenters. The molecule has 0 aliphatic carbocycles. The minimum absolute atomic E-state index is 0.00520. The predicted molar refractivity (Wildman–Crippen MR) is 120 cm³/mol. The van der Waals surface area contributed by atoms with E-state index in [-0.39, 0.29) is 35.6 Å². The summed E-state index contributed by atoms with van der Waals surface area (Å²) in [5.74, 6) is -0.403. The Morgan fingerprint density at radius 2 is 1.72 bits per heavy atom. The lowest BCUT2D eigenvalue weighted by molar-refractivity contribution is 0.101. The van der Waals surface area contributed by atoms with Crippen LogP contribution in [0.25, 0.3) is 0 Å². The number of nitrogens with one attached hydrogen (secondary N) is 1. The third-order valence-corrected chi connectivity index (χ3v) is 5.24. The van der Waals surface area contributed by atoms with Crippen LogP contribution < -0.4 is 10.1 Å². The Balaban J connectivity index is 1.40. The fourth-order valence-electron chi connectivity index (χ4n) is 2.84. The number of rotatable bonds is 7. The molecule has 0 saturated heterocycles. The third-order valence-electron chi connectivity index (χ3n) is 4.37. The standard InChI is InChI=1S/C21H15Cl3FN5O2/c22-14-5-3-6-15(23)19(14)32-12-29-9-8-18(27-29)21(31)26-20-16(24)11-30(28-20)10-13-4-1-2-7-17(13)25/h1-9,11H,10,12H2,(H,26,28,31). The fourth-order valence-corrected chi connectivity index (χ4v) is 3.55. The zero-order valence-electron chi connectivity index (χ0n) is 16.3. The summed E-state index contributed by atoms with van der Waals surface area (Å²) in [7, 11) is 0. The normalized spacial score (nSPS) is 10.9. The second-order valence-corrected chi connectivity index (χ2v) is 7.86. The van der Waals surface area contributed by atoms with Crippen LogP contribution in [-0.2, 0) is 13.3 Å². The van der Waals surface area contributed by atoms with Crippen molar-refractivity contribution in [2.45, 2.75) is 13.3 Å². The van der Waals surface area contributed by atoms with Crippen molar-refractivity contribution < 1.29 is 13.9 Å². The van der Waals surface area contributed by atoms with Crippen LogP contribution in [0.3, 0.4) is 0 Å². The van der Waals surface area contributed by atoms with Crippen LogP contribution in [0.5, 0.6) is 5.75 Å². The van der Waals surface area contributed by atoms with Gasteiger partial charge in [0.05, 0.1) is 16.6 Å². The van der Waals surface area contributed by atoms with Crippen molar-refractivity contribution in [3.8, 4) is 5.75 Å². The van der Waals surface area contributed by atoms with Gasteiger partial charge in [0.2, 0.25) is 0 Å². The highest BCUT2D eigenvalue weighted by Gasteiger charge is 2.16. The van der Waals surface area contributed by atoms with E-state index in [9.17, 15) is 9.18 Å². The van der Waals surface area contributed by atoms with Gasteiger partial charge in [-0.25, -0.2) is 9.07 Å². The van der Waals surface area contributed by atoms with E-state index in [2.05, 4.69) is 15.5 Å². The number of halogens is 4. The number of ether oxygens (including phenoxy) is 1. The second-order valence-electron chi connectivity index (χ2n) is 6.63. The number of carbonyl (C=O) groups is 1. The lowest BCUT2D eigenvalue weighted by Gasteiger charge is -2.09.